The smallest absolute Gasteiger partial charge is 0.132 e. The van der Waals surface area contributed by atoms with Crippen LogP contribution in [-0.4, -0.2) is 16.5 Å². The Balaban J connectivity index is 2.17. The van der Waals surface area contributed by atoms with Crippen molar-refractivity contribution in [1.29, 1.82) is 0 Å². The molecule has 2 rings (SSSR count). The third kappa shape index (κ3) is 3.42. The third-order valence-corrected chi connectivity index (χ3v) is 3.16. The molecular weight excluding hydrogens is 210 g/mol. The normalized spacial score (nSPS) is 16.2. The molecule has 0 spiro atoms. The van der Waals surface area contributed by atoms with Crippen LogP contribution in [0.1, 0.15) is 51.3 Å². The Labute approximate surface area is 104 Å². The van der Waals surface area contributed by atoms with Gasteiger partial charge in [-0.25, -0.2) is 9.97 Å². The molecule has 1 aliphatic rings. The summed E-state index contributed by atoms with van der Waals surface area (Å²) >= 11 is 0. The Kier molecular flexibility index (Phi) is 3.65. The highest BCUT2D eigenvalue weighted by Crippen LogP contribution is 2.24. The van der Waals surface area contributed by atoms with Crippen LogP contribution in [0.4, 0.5) is 5.82 Å². The summed E-state index contributed by atoms with van der Waals surface area (Å²) < 4.78 is 0. The van der Waals surface area contributed by atoms with E-state index in [0.717, 1.165) is 25.2 Å². The zero-order valence-electron chi connectivity index (χ0n) is 11.2. The van der Waals surface area contributed by atoms with E-state index in [9.17, 15) is 0 Å². The lowest BCUT2D eigenvalue weighted by Gasteiger charge is -2.20. The Morgan fingerprint density at radius 2 is 1.88 bits per heavy atom. The van der Waals surface area contributed by atoms with Gasteiger partial charge in [-0.15, -0.1) is 0 Å². The highest BCUT2D eigenvalue weighted by molar-refractivity contribution is 5.46. The molecule has 1 aliphatic carbocycles. The van der Waals surface area contributed by atoms with Gasteiger partial charge in [0.2, 0.25) is 0 Å². The fourth-order valence-electron chi connectivity index (χ4n) is 2.20. The SMILES string of the molecule is CC(C)(C)CNc1ncnc2c1CCCCC2. The molecule has 0 fully saturated rings. The zero-order valence-corrected chi connectivity index (χ0v) is 11.2. The van der Waals surface area contributed by atoms with Crippen LogP contribution in [0.2, 0.25) is 0 Å². The van der Waals surface area contributed by atoms with Crippen LogP contribution in [0.3, 0.4) is 0 Å². The largest absolute Gasteiger partial charge is 0.369 e. The number of aryl methyl sites for hydroxylation is 1. The Morgan fingerprint density at radius 1 is 1.12 bits per heavy atom. The number of nitrogens with one attached hydrogen (secondary N) is 1. The monoisotopic (exact) mass is 233 g/mol. The number of rotatable bonds is 2. The molecule has 0 radical (unpaired) electrons. The van der Waals surface area contributed by atoms with Gasteiger partial charge in [0, 0.05) is 17.8 Å². The second kappa shape index (κ2) is 5.03. The zero-order chi connectivity index (χ0) is 12.3. The molecule has 0 unspecified atom stereocenters. The summed E-state index contributed by atoms with van der Waals surface area (Å²) in [5.74, 6) is 1.06. The van der Waals surface area contributed by atoms with Crippen LogP contribution in [0, 0.1) is 5.41 Å². The minimum absolute atomic E-state index is 0.280. The van der Waals surface area contributed by atoms with Gasteiger partial charge >= 0.3 is 0 Å². The van der Waals surface area contributed by atoms with Crippen molar-refractivity contribution < 1.29 is 0 Å². The first-order valence-corrected chi connectivity index (χ1v) is 6.63. The van der Waals surface area contributed by atoms with Crippen molar-refractivity contribution in [1.82, 2.24) is 9.97 Å². The van der Waals surface area contributed by atoms with Crippen LogP contribution >= 0.6 is 0 Å². The lowest BCUT2D eigenvalue weighted by molar-refractivity contribution is 0.442. The first kappa shape index (κ1) is 12.3. The highest BCUT2D eigenvalue weighted by Gasteiger charge is 2.16. The van der Waals surface area contributed by atoms with Gasteiger partial charge < -0.3 is 5.32 Å². The van der Waals surface area contributed by atoms with E-state index in [1.807, 2.05) is 0 Å². The minimum Gasteiger partial charge on any atom is -0.369 e. The summed E-state index contributed by atoms with van der Waals surface area (Å²) in [6, 6.07) is 0. The van der Waals surface area contributed by atoms with Crippen LogP contribution in [-0.2, 0) is 12.8 Å². The summed E-state index contributed by atoms with van der Waals surface area (Å²) in [6.07, 6.45) is 7.79. The van der Waals surface area contributed by atoms with E-state index in [1.54, 1.807) is 6.33 Å². The number of hydrogen-bond donors (Lipinski definition) is 1. The van der Waals surface area contributed by atoms with Crippen molar-refractivity contribution in [2.75, 3.05) is 11.9 Å². The van der Waals surface area contributed by atoms with Gasteiger partial charge in [0.1, 0.15) is 12.1 Å². The number of anilines is 1. The van der Waals surface area contributed by atoms with E-state index >= 15 is 0 Å². The molecule has 1 heterocycles. The number of hydrogen-bond acceptors (Lipinski definition) is 3. The third-order valence-electron chi connectivity index (χ3n) is 3.16. The molecular formula is C14H23N3. The Morgan fingerprint density at radius 3 is 2.65 bits per heavy atom. The summed E-state index contributed by atoms with van der Waals surface area (Å²) in [5, 5.41) is 3.49. The van der Waals surface area contributed by atoms with Gasteiger partial charge in [0.15, 0.2) is 0 Å². The topological polar surface area (TPSA) is 37.8 Å². The molecule has 1 aromatic heterocycles. The van der Waals surface area contributed by atoms with Crippen LogP contribution in [0.25, 0.3) is 0 Å². The van der Waals surface area contributed by atoms with Gasteiger partial charge in [-0.1, -0.05) is 27.2 Å². The van der Waals surface area contributed by atoms with Crippen molar-refractivity contribution in [2.45, 2.75) is 52.9 Å². The van der Waals surface area contributed by atoms with Crippen molar-refractivity contribution in [3.63, 3.8) is 0 Å². The Bertz CT molecular complexity index is 380. The van der Waals surface area contributed by atoms with E-state index in [0.29, 0.717) is 0 Å². The van der Waals surface area contributed by atoms with Crippen molar-refractivity contribution in [3.05, 3.63) is 17.6 Å². The molecule has 0 saturated carbocycles. The van der Waals surface area contributed by atoms with E-state index in [1.165, 1.54) is 30.5 Å². The average molecular weight is 233 g/mol. The van der Waals surface area contributed by atoms with E-state index in [2.05, 4.69) is 36.1 Å². The lowest BCUT2D eigenvalue weighted by Crippen LogP contribution is -2.20. The summed E-state index contributed by atoms with van der Waals surface area (Å²) in [6.45, 7) is 7.66. The fraction of sp³-hybridized carbons (Fsp3) is 0.714. The van der Waals surface area contributed by atoms with Crippen LogP contribution in [0.5, 0.6) is 0 Å². The molecule has 0 atom stereocenters. The predicted octanol–water partition coefficient (Wildman–Crippen LogP) is 3.20. The summed E-state index contributed by atoms with van der Waals surface area (Å²) in [5.41, 5.74) is 2.89. The molecule has 94 valence electrons. The molecule has 3 nitrogen and oxygen atoms in total. The lowest BCUT2D eigenvalue weighted by atomic mass is 9.97. The maximum atomic E-state index is 4.43. The maximum Gasteiger partial charge on any atom is 0.132 e. The number of fused-ring (bicyclic) bond motifs is 1. The number of aromatic nitrogens is 2. The van der Waals surface area contributed by atoms with Crippen LogP contribution in [0.15, 0.2) is 6.33 Å². The average Bonchev–Trinajstić information content (AvgIpc) is 2.50. The van der Waals surface area contributed by atoms with Gasteiger partial charge in [-0.2, -0.15) is 0 Å². The molecule has 17 heavy (non-hydrogen) atoms. The van der Waals surface area contributed by atoms with Gasteiger partial charge in [-0.05, 0) is 31.1 Å². The van der Waals surface area contributed by atoms with E-state index in [4.69, 9.17) is 0 Å². The van der Waals surface area contributed by atoms with Crippen molar-refractivity contribution in [3.8, 4) is 0 Å². The molecule has 3 heteroatoms. The van der Waals surface area contributed by atoms with Crippen molar-refractivity contribution in [2.24, 2.45) is 5.41 Å². The summed E-state index contributed by atoms with van der Waals surface area (Å²) in [7, 11) is 0. The maximum absolute atomic E-state index is 4.43. The standard InChI is InChI=1S/C14H23N3/c1-14(2,3)9-15-13-11-7-5-4-6-8-12(11)16-10-17-13/h10H,4-9H2,1-3H3,(H,15,16,17). The molecule has 0 amide bonds. The second-order valence-electron chi connectivity index (χ2n) is 6.12. The predicted molar refractivity (Wildman–Crippen MR) is 71.2 cm³/mol. The molecule has 1 aromatic rings. The minimum atomic E-state index is 0.280. The molecule has 0 saturated heterocycles. The quantitative estimate of drug-likeness (QED) is 0.797. The first-order valence-electron chi connectivity index (χ1n) is 6.63. The second-order valence-corrected chi connectivity index (χ2v) is 6.12. The molecule has 0 bridgehead atoms. The molecule has 0 aliphatic heterocycles. The van der Waals surface area contributed by atoms with Gasteiger partial charge in [0.05, 0.1) is 0 Å². The van der Waals surface area contributed by atoms with Gasteiger partial charge in [0.25, 0.3) is 0 Å². The number of nitrogens with zero attached hydrogens (tertiary/aromatic N) is 2. The van der Waals surface area contributed by atoms with E-state index < -0.39 is 0 Å². The summed E-state index contributed by atoms with van der Waals surface area (Å²) in [4.78, 5) is 8.85. The highest BCUT2D eigenvalue weighted by atomic mass is 15.0. The van der Waals surface area contributed by atoms with Gasteiger partial charge in [-0.3, -0.25) is 0 Å². The van der Waals surface area contributed by atoms with E-state index in [-0.39, 0.29) is 5.41 Å². The molecule has 1 N–H and O–H groups in total. The Hall–Kier alpha value is -1.12. The first-order chi connectivity index (χ1) is 8.06. The van der Waals surface area contributed by atoms with Crippen LogP contribution < -0.4 is 5.32 Å². The fourth-order valence-corrected chi connectivity index (χ4v) is 2.20. The molecule has 0 aromatic carbocycles. The van der Waals surface area contributed by atoms with Crippen molar-refractivity contribution >= 4 is 5.82 Å².